The Morgan fingerprint density at radius 1 is 1.26 bits per heavy atom. The molecule has 0 aliphatic carbocycles. The summed E-state index contributed by atoms with van der Waals surface area (Å²) in [7, 11) is 0. The van der Waals surface area contributed by atoms with Gasteiger partial charge in [0.15, 0.2) is 0 Å². The van der Waals surface area contributed by atoms with Gasteiger partial charge in [0.05, 0.1) is 12.1 Å². The Hall–Kier alpha value is -2.89. The number of fused-ring (bicyclic) bond motifs is 1. The molecule has 1 aliphatic rings. The van der Waals surface area contributed by atoms with Crippen LogP contribution in [0.4, 0.5) is 0 Å². The second-order valence-electron chi connectivity index (χ2n) is 7.39. The van der Waals surface area contributed by atoms with E-state index >= 15 is 0 Å². The van der Waals surface area contributed by atoms with Gasteiger partial charge in [-0.1, -0.05) is 18.2 Å². The van der Waals surface area contributed by atoms with Crippen molar-refractivity contribution in [1.29, 1.82) is 0 Å². The normalized spacial score (nSPS) is 17.4. The number of para-hydroxylation sites is 1. The van der Waals surface area contributed by atoms with E-state index in [-0.39, 0.29) is 17.4 Å². The SMILES string of the molecule is Cc1nc(C2CCCN(C(=O)Cc3c(C)[nH]c4ccccc34)C2)cc(=O)[nH]1. The van der Waals surface area contributed by atoms with Crippen LogP contribution in [0.5, 0.6) is 0 Å². The fourth-order valence-corrected chi connectivity index (χ4v) is 4.08. The lowest BCUT2D eigenvalue weighted by molar-refractivity contribution is -0.131. The number of H-pyrrole nitrogens is 2. The van der Waals surface area contributed by atoms with Gasteiger partial charge in [-0.05, 0) is 38.3 Å². The van der Waals surface area contributed by atoms with E-state index < -0.39 is 0 Å². The topological polar surface area (TPSA) is 81.8 Å². The Kier molecular flexibility index (Phi) is 4.56. The molecule has 1 aromatic carbocycles. The summed E-state index contributed by atoms with van der Waals surface area (Å²) in [5.74, 6) is 0.872. The van der Waals surface area contributed by atoms with Crippen molar-refractivity contribution in [2.24, 2.45) is 0 Å². The molecular weight excluding hydrogens is 340 g/mol. The van der Waals surface area contributed by atoms with E-state index in [1.807, 2.05) is 30.0 Å². The highest BCUT2D eigenvalue weighted by atomic mass is 16.2. The summed E-state index contributed by atoms with van der Waals surface area (Å²) in [6, 6.07) is 9.66. The van der Waals surface area contributed by atoms with Gasteiger partial charge in [0.1, 0.15) is 5.82 Å². The van der Waals surface area contributed by atoms with E-state index in [0.29, 0.717) is 18.8 Å². The van der Waals surface area contributed by atoms with Crippen LogP contribution in [0.15, 0.2) is 35.1 Å². The Bertz CT molecular complexity index is 1050. The highest BCUT2D eigenvalue weighted by molar-refractivity contribution is 5.90. The van der Waals surface area contributed by atoms with Gasteiger partial charge in [0.25, 0.3) is 5.56 Å². The fourth-order valence-electron chi connectivity index (χ4n) is 4.08. The van der Waals surface area contributed by atoms with Crippen molar-refractivity contribution in [3.05, 3.63) is 63.5 Å². The van der Waals surface area contributed by atoms with Gasteiger partial charge in [-0.3, -0.25) is 9.59 Å². The maximum absolute atomic E-state index is 13.0. The van der Waals surface area contributed by atoms with Gasteiger partial charge < -0.3 is 14.9 Å². The lowest BCUT2D eigenvalue weighted by Crippen LogP contribution is -2.40. The molecule has 6 heteroatoms. The summed E-state index contributed by atoms with van der Waals surface area (Å²) in [5.41, 5.74) is 3.85. The number of aromatic nitrogens is 3. The summed E-state index contributed by atoms with van der Waals surface area (Å²) in [6.07, 6.45) is 2.27. The highest BCUT2D eigenvalue weighted by Crippen LogP contribution is 2.27. The molecule has 4 rings (SSSR count). The highest BCUT2D eigenvalue weighted by Gasteiger charge is 2.27. The second-order valence-corrected chi connectivity index (χ2v) is 7.39. The first-order valence-corrected chi connectivity index (χ1v) is 9.43. The number of benzene rings is 1. The van der Waals surface area contributed by atoms with E-state index in [2.05, 4.69) is 21.0 Å². The standard InChI is InChI=1S/C21H24N4O2/c1-13-17(16-7-3-4-8-18(16)22-13)10-21(27)25-9-5-6-15(12-25)19-11-20(26)24-14(2)23-19/h3-4,7-8,11,15,22H,5-6,9-10,12H2,1-2H3,(H,23,24,26). The largest absolute Gasteiger partial charge is 0.358 e. The Labute approximate surface area is 157 Å². The van der Waals surface area contributed by atoms with Crippen LogP contribution in [-0.4, -0.2) is 38.8 Å². The first-order valence-electron chi connectivity index (χ1n) is 9.43. The molecule has 1 atom stereocenters. The first-order chi connectivity index (χ1) is 13.0. The van der Waals surface area contributed by atoms with E-state index in [4.69, 9.17) is 0 Å². The van der Waals surface area contributed by atoms with Crippen molar-refractivity contribution in [2.45, 2.75) is 39.0 Å². The molecule has 0 saturated carbocycles. The van der Waals surface area contributed by atoms with Crippen LogP contribution in [0.25, 0.3) is 10.9 Å². The maximum Gasteiger partial charge on any atom is 0.251 e. The van der Waals surface area contributed by atoms with Crippen molar-refractivity contribution in [3.8, 4) is 0 Å². The predicted octanol–water partition coefficient (Wildman–Crippen LogP) is 2.82. The number of rotatable bonds is 3. The number of hydrogen-bond acceptors (Lipinski definition) is 3. The molecule has 3 aromatic rings. The molecule has 2 N–H and O–H groups in total. The number of nitrogens with one attached hydrogen (secondary N) is 2. The van der Waals surface area contributed by atoms with Gasteiger partial charge in [-0.2, -0.15) is 0 Å². The molecule has 27 heavy (non-hydrogen) atoms. The molecular formula is C21H24N4O2. The number of aromatic amines is 2. The van der Waals surface area contributed by atoms with Crippen LogP contribution >= 0.6 is 0 Å². The number of piperidine rings is 1. The summed E-state index contributed by atoms with van der Waals surface area (Å²) >= 11 is 0. The van der Waals surface area contributed by atoms with E-state index in [1.165, 1.54) is 0 Å². The minimum atomic E-state index is -0.129. The zero-order valence-corrected chi connectivity index (χ0v) is 15.7. The van der Waals surface area contributed by atoms with E-state index in [1.54, 1.807) is 13.0 Å². The number of aryl methyl sites for hydroxylation is 2. The van der Waals surface area contributed by atoms with Crippen molar-refractivity contribution in [3.63, 3.8) is 0 Å². The Morgan fingerprint density at radius 2 is 2.07 bits per heavy atom. The van der Waals surface area contributed by atoms with Crippen molar-refractivity contribution < 1.29 is 4.79 Å². The van der Waals surface area contributed by atoms with Gasteiger partial charge in [0.2, 0.25) is 5.91 Å². The lowest BCUT2D eigenvalue weighted by Gasteiger charge is -2.32. The number of carbonyl (C=O) groups is 1. The smallest absolute Gasteiger partial charge is 0.251 e. The van der Waals surface area contributed by atoms with Crippen LogP contribution in [0.3, 0.4) is 0 Å². The Balaban J connectivity index is 1.53. The monoisotopic (exact) mass is 364 g/mol. The molecule has 1 fully saturated rings. The predicted molar refractivity (Wildman–Crippen MR) is 105 cm³/mol. The molecule has 0 spiro atoms. The lowest BCUT2D eigenvalue weighted by atomic mass is 9.94. The summed E-state index contributed by atoms with van der Waals surface area (Å²) in [5, 5.41) is 1.11. The first kappa shape index (κ1) is 17.5. The quantitative estimate of drug-likeness (QED) is 0.750. The molecule has 6 nitrogen and oxygen atoms in total. The molecule has 0 radical (unpaired) electrons. The average Bonchev–Trinajstić information content (AvgIpc) is 2.96. The van der Waals surface area contributed by atoms with Crippen LogP contribution < -0.4 is 5.56 Å². The van der Waals surface area contributed by atoms with Gasteiger partial charge >= 0.3 is 0 Å². The van der Waals surface area contributed by atoms with Crippen LogP contribution in [0.2, 0.25) is 0 Å². The third-order valence-electron chi connectivity index (χ3n) is 5.43. The molecule has 2 aromatic heterocycles. The zero-order chi connectivity index (χ0) is 19.0. The van der Waals surface area contributed by atoms with Crippen molar-refractivity contribution >= 4 is 16.8 Å². The minimum absolute atomic E-state index is 0.118. The molecule has 1 saturated heterocycles. The van der Waals surface area contributed by atoms with E-state index in [0.717, 1.165) is 47.2 Å². The van der Waals surface area contributed by atoms with Gasteiger partial charge in [0, 0.05) is 41.7 Å². The third kappa shape index (κ3) is 3.52. The summed E-state index contributed by atoms with van der Waals surface area (Å²) in [6.45, 7) is 5.19. The fraction of sp³-hybridized carbons (Fsp3) is 0.381. The summed E-state index contributed by atoms with van der Waals surface area (Å²) < 4.78 is 0. The van der Waals surface area contributed by atoms with Gasteiger partial charge in [-0.15, -0.1) is 0 Å². The van der Waals surface area contributed by atoms with Crippen LogP contribution in [0, 0.1) is 13.8 Å². The third-order valence-corrected chi connectivity index (χ3v) is 5.43. The van der Waals surface area contributed by atoms with Crippen LogP contribution in [0.1, 0.15) is 41.5 Å². The second kappa shape index (κ2) is 7.02. The molecule has 0 bridgehead atoms. The summed E-state index contributed by atoms with van der Waals surface area (Å²) in [4.78, 5) is 37.2. The maximum atomic E-state index is 13.0. The number of amides is 1. The molecule has 1 unspecified atom stereocenters. The van der Waals surface area contributed by atoms with Gasteiger partial charge in [-0.25, -0.2) is 4.98 Å². The minimum Gasteiger partial charge on any atom is -0.358 e. The number of likely N-dealkylation sites (tertiary alicyclic amines) is 1. The van der Waals surface area contributed by atoms with Crippen LogP contribution in [-0.2, 0) is 11.2 Å². The molecule has 1 aliphatic heterocycles. The van der Waals surface area contributed by atoms with E-state index in [9.17, 15) is 9.59 Å². The number of carbonyl (C=O) groups excluding carboxylic acids is 1. The average molecular weight is 364 g/mol. The molecule has 3 heterocycles. The number of nitrogens with zero attached hydrogens (tertiary/aromatic N) is 2. The van der Waals surface area contributed by atoms with Crippen molar-refractivity contribution in [2.75, 3.05) is 13.1 Å². The van der Waals surface area contributed by atoms with Crippen molar-refractivity contribution in [1.82, 2.24) is 19.9 Å². The number of hydrogen-bond donors (Lipinski definition) is 2. The molecule has 1 amide bonds. The molecule has 140 valence electrons. The zero-order valence-electron chi connectivity index (χ0n) is 15.7. The Morgan fingerprint density at radius 3 is 2.89 bits per heavy atom.